The Kier molecular flexibility index (Phi) is 5.56. The van der Waals surface area contributed by atoms with Gasteiger partial charge in [0, 0.05) is 18.8 Å². The highest BCUT2D eigenvalue weighted by molar-refractivity contribution is 6.62. The van der Waals surface area contributed by atoms with Gasteiger partial charge in [-0.25, -0.2) is 4.98 Å². The predicted octanol–water partition coefficient (Wildman–Crippen LogP) is 1.35. The van der Waals surface area contributed by atoms with E-state index in [2.05, 4.69) is 4.98 Å². The van der Waals surface area contributed by atoms with Crippen LogP contribution in [0.4, 0.5) is 0 Å². The van der Waals surface area contributed by atoms with E-state index in [1.807, 2.05) is 19.1 Å². The van der Waals surface area contributed by atoms with E-state index in [9.17, 15) is 9.82 Å². The number of rotatable bonds is 6. The molecule has 3 N–H and O–H groups in total. The Bertz CT molecular complexity index is 814. The quantitative estimate of drug-likeness (QED) is 0.595. The van der Waals surface area contributed by atoms with Crippen LogP contribution in [0.15, 0.2) is 30.5 Å². The van der Waals surface area contributed by atoms with E-state index in [1.165, 1.54) is 0 Å². The van der Waals surface area contributed by atoms with E-state index in [1.54, 1.807) is 25.3 Å². The molecule has 0 saturated heterocycles. The molecular weight excluding hydrogens is 335 g/mol. The standard InChI is InChI=1S/C18H21BN2O5/c1-3-24-17(22)9-15-18-11(2)6-13(8-14(18)19(23)26-15)25-16-7-12(10-20)4-5-21-16/h4-8,15,23H,3,9-10,20H2,1-2H3. The summed E-state index contributed by atoms with van der Waals surface area (Å²) >= 11 is 0. The molecule has 26 heavy (non-hydrogen) atoms. The van der Waals surface area contributed by atoms with Gasteiger partial charge in [0.1, 0.15) is 5.75 Å². The van der Waals surface area contributed by atoms with Crippen LogP contribution < -0.4 is 15.9 Å². The van der Waals surface area contributed by atoms with Crippen molar-refractivity contribution < 1.29 is 23.9 Å². The molecule has 0 spiro atoms. The monoisotopic (exact) mass is 356 g/mol. The highest BCUT2D eigenvalue weighted by atomic mass is 16.5. The number of benzene rings is 1. The summed E-state index contributed by atoms with van der Waals surface area (Å²) in [7, 11) is -1.12. The first-order valence-electron chi connectivity index (χ1n) is 8.48. The van der Waals surface area contributed by atoms with Crippen LogP contribution in [-0.2, 0) is 20.7 Å². The molecule has 1 aliphatic heterocycles. The number of nitrogens with zero attached hydrogens (tertiary/aromatic N) is 1. The maximum atomic E-state index is 11.8. The van der Waals surface area contributed by atoms with E-state index < -0.39 is 13.2 Å². The summed E-state index contributed by atoms with van der Waals surface area (Å²) in [5, 5.41) is 10.2. The van der Waals surface area contributed by atoms with Crippen molar-refractivity contribution in [3.05, 3.63) is 47.2 Å². The van der Waals surface area contributed by atoms with Crippen LogP contribution in [0.1, 0.15) is 36.1 Å². The Morgan fingerprint density at radius 1 is 1.42 bits per heavy atom. The molecule has 7 nitrogen and oxygen atoms in total. The van der Waals surface area contributed by atoms with Crippen LogP contribution in [0.5, 0.6) is 11.6 Å². The highest BCUT2D eigenvalue weighted by Crippen LogP contribution is 2.33. The SMILES string of the molecule is CCOC(=O)CC1OB(O)c2cc(Oc3cc(CN)ccn3)cc(C)c21. The van der Waals surface area contributed by atoms with Crippen molar-refractivity contribution in [1.29, 1.82) is 0 Å². The Morgan fingerprint density at radius 3 is 2.96 bits per heavy atom. The molecule has 1 aromatic carbocycles. The summed E-state index contributed by atoms with van der Waals surface area (Å²) in [4.78, 5) is 15.9. The second-order valence-corrected chi connectivity index (χ2v) is 6.04. The third-order valence-electron chi connectivity index (χ3n) is 4.19. The van der Waals surface area contributed by atoms with Gasteiger partial charge in [0.15, 0.2) is 0 Å². The lowest BCUT2D eigenvalue weighted by atomic mass is 9.77. The fraction of sp³-hybridized carbons (Fsp3) is 0.333. The maximum absolute atomic E-state index is 11.8. The minimum absolute atomic E-state index is 0.0546. The van der Waals surface area contributed by atoms with Gasteiger partial charge in [0.25, 0.3) is 0 Å². The molecule has 136 valence electrons. The molecule has 0 saturated carbocycles. The van der Waals surface area contributed by atoms with E-state index >= 15 is 0 Å². The minimum atomic E-state index is -1.12. The molecule has 1 atom stereocenters. The average molecular weight is 356 g/mol. The molecule has 3 rings (SSSR count). The van der Waals surface area contributed by atoms with Crippen molar-refractivity contribution in [2.75, 3.05) is 6.61 Å². The Hall–Kier alpha value is -2.42. The molecule has 1 aliphatic rings. The maximum Gasteiger partial charge on any atom is 0.492 e. The lowest BCUT2D eigenvalue weighted by molar-refractivity contribution is -0.145. The molecule has 0 fully saturated rings. The van der Waals surface area contributed by atoms with Gasteiger partial charge in [0.05, 0.1) is 19.1 Å². The summed E-state index contributed by atoms with van der Waals surface area (Å²) in [5.41, 5.74) is 8.78. The molecule has 1 unspecified atom stereocenters. The summed E-state index contributed by atoms with van der Waals surface area (Å²) in [6.45, 7) is 4.33. The van der Waals surface area contributed by atoms with Gasteiger partial charge in [-0.05, 0) is 54.2 Å². The molecule has 0 bridgehead atoms. The molecule has 2 aromatic rings. The van der Waals surface area contributed by atoms with Crippen molar-refractivity contribution in [3.63, 3.8) is 0 Å². The molecule has 2 heterocycles. The predicted molar refractivity (Wildman–Crippen MR) is 96.1 cm³/mol. The number of carbonyl (C=O) groups is 1. The molecule has 1 aromatic heterocycles. The van der Waals surface area contributed by atoms with Gasteiger partial charge in [0.2, 0.25) is 5.88 Å². The Labute approximate surface area is 152 Å². The van der Waals surface area contributed by atoms with Gasteiger partial charge in [-0.15, -0.1) is 0 Å². The number of aromatic nitrogens is 1. The average Bonchev–Trinajstić information content (AvgIpc) is 2.91. The fourth-order valence-corrected chi connectivity index (χ4v) is 3.07. The van der Waals surface area contributed by atoms with Crippen molar-refractivity contribution >= 4 is 18.6 Å². The molecule has 0 radical (unpaired) electrons. The van der Waals surface area contributed by atoms with Gasteiger partial charge >= 0.3 is 13.1 Å². The van der Waals surface area contributed by atoms with Crippen LogP contribution in [0.3, 0.4) is 0 Å². The van der Waals surface area contributed by atoms with Crippen LogP contribution in [0.25, 0.3) is 0 Å². The van der Waals surface area contributed by atoms with E-state index in [0.717, 1.165) is 16.7 Å². The lowest BCUT2D eigenvalue weighted by Gasteiger charge is -2.14. The number of hydrogen-bond acceptors (Lipinski definition) is 7. The van der Waals surface area contributed by atoms with Crippen LogP contribution >= 0.6 is 0 Å². The molecular formula is C18H21BN2O5. The van der Waals surface area contributed by atoms with Crippen LogP contribution in [-0.4, -0.2) is 29.7 Å². The fourth-order valence-electron chi connectivity index (χ4n) is 3.07. The minimum Gasteiger partial charge on any atom is -0.466 e. The number of esters is 1. The van der Waals surface area contributed by atoms with Crippen LogP contribution in [0, 0.1) is 6.92 Å². The first-order chi connectivity index (χ1) is 12.5. The van der Waals surface area contributed by atoms with E-state index in [4.69, 9.17) is 19.9 Å². The second kappa shape index (κ2) is 7.86. The Morgan fingerprint density at radius 2 is 2.23 bits per heavy atom. The third-order valence-corrected chi connectivity index (χ3v) is 4.19. The normalized spacial score (nSPS) is 15.7. The van der Waals surface area contributed by atoms with Gasteiger partial charge in [-0.1, -0.05) is 0 Å². The summed E-state index contributed by atoms with van der Waals surface area (Å²) in [5.74, 6) is 0.589. The van der Waals surface area contributed by atoms with E-state index in [0.29, 0.717) is 30.2 Å². The Balaban J connectivity index is 1.85. The third kappa shape index (κ3) is 3.87. The smallest absolute Gasteiger partial charge is 0.466 e. The first-order valence-corrected chi connectivity index (χ1v) is 8.48. The lowest BCUT2D eigenvalue weighted by Crippen LogP contribution is -2.28. The molecule has 8 heteroatoms. The zero-order valence-corrected chi connectivity index (χ0v) is 14.8. The number of nitrogens with two attached hydrogens (primary N) is 1. The largest absolute Gasteiger partial charge is 0.492 e. The van der Waals surface area contributed by atoms with Gasteiger partial charge < -0.3 is 24.9 Å². The summed E-state index contributed by atoms with van der Waals surface area (Å²) < 4.78 is 16.3. The highest BCUT2D eigenvalue weighted by Gasteiger charge is 2.38. The summed E-state index contributed by atoms with van der Waals surface area (Å²) in [6.07, 6.45) is 1.15. The number of ether oxygens (including phenoxy) is 2. The number of carbonyl (C=O) groups excluding carboxylic acids is 1. The van der Waals surface area contributed by atoms with Gasteiger partial charge in [-0.3, -0.25) is 4.79 Å². The second-order valence-electron chi connectivity index (χ2n) is 6.04. The van der Waals surface area contributed by atoms with Crippen LogP contribution in [0.2, 0.25) is 0 Å². The van der Waals surface area contributed by atoms with Gasteiger partial charge in [-0.2, -0.15) is 0 Å². The number of hydrogen-bond donors (Lipinski definition) is 2. The summed E-state index contributed by atoms with van der Waals surface area (Å²) in [6, 6.07) is 7.11. The van der Waals surface area contributed by atoms with Crippen molar-refractivity contribution in [2.45, 2.75) is 32.9 Å². The zero-order chi connectivity index (χ0) is 18.7. The molecule has 0 amide bonds. The number of pyridine rings is 1. The van der Waals surface area contributed by atoms with Crippen molar-refractivity contribution in [2.24, 2.45) is 5.73 Å². The molecule has 0 aliphatic carbocycles. The number of aryl methyl sites for hydroxylation is 1. The topological polar surface area (TPSA) is 104 Å². The van der Waals surface area contributed by atoms with E-state index in [-0.39, 0.29) is 12.4 Å². The number of fused-ring (bicyclic) bond motifs is 1. The van der Waals surface area contributed by atoms with Crippen molar-refractivity contribution in [1.82, 2.24) is 4.98 Å². The first kappa shape index (κ1) is 18.4. The van der Waals surface area contributed by atoms with Crippen molar-refractivity contribution in [3.8, 4) is 11.6 Å². The zero-order valence-electron chi connectivity index (χ0n) is 14.8.